The van der Waals surface area contributed by atoms with Gasteiger partial charge >= 0.3 is 6.18 Å². The average molecular weight is 777 g/mol. The van der Waals surface area contributed by atoms with Crippen LogP contribution in [0.4, 0.5) is 18.9 Å². The molecule has 13 heteroatoms. The number of benzene rings is 4. The molecule has 1 N–H and O–H groups in total. The highest BCUT2D eigenvalue weighted by Crippen LogP contribution is 2.37. The molecular formula is C36H34BrClF3N3O4S. The fourth-order valence-electron chi connectivity index (χ4n) is 5.87. The highest BCUT2D eigenvalue weighted by molar-refractivity contribution is 9.10. The van der Waals surface area contributed by atoms with Crippen molar-refractivity contribution in [1.82, 2.24) is 10.2 Å². The first-order valence-corrected chi connectivity index (χ1v) is 18.3. The normalized spacial score (nSPS) is 14.3. The third-order valence-corrected chi connectivity index (χ3v) is 11.0. The lowest BCUT2D eigenvalue weighted by Gasteiger charge is -2.34. The molecule has 1 aliphatic carbocycles. The van der Waals surface area contributed by atoms with Crippen LogP contribution in [-0.4, -0.2) is 43.8 Å². The minimum atomic E-state index is -4.82. The molecule has 0 saturated heterocycles. The number of hydrogen-bond acceptors (Lipinski definition) is 4. The molecule has 49 heavy (non-hydrogen) atoms. The second-order valence-electron chi connectivity index (χ2n) is 11.8. The first-order valence-electron chi connectivity index (χ1n) is 15.7. The van der Waals surface area contributed by atoms with E-state index in [4.69, 9.17) is 11.6 Å². The maximum atomic E-state index is 14.6. The molecule has 0 aromatic heterocycles. The van der Waals surface area contributed by atoms with Gasteiger partial charge in [-0.15, -0.1) is 0 Å². The van der Waals surface area contributed by atoms with E-state index in [1.165, 1.54) is 29.2 Å². The summed E-state index contributed by atoms with van der Waals surface area (Å²) in [6.07, 6.45) is -1.22. The van der Waals surface area contributed by atoms with Crippen LogP contribution >= 0.6 is 27.5 Å². The summed E-state index contributed by atoms with van der Waals surface area (Å²) in [5.41, 5.74) is -0.262. The molecule has 0 heterocycles. The van der Waals surface area contributed by atoms with Crippen molar-refractivity contribution >= 4 is 55.1 Å². The van der Waals surface area contributed by atoms with Crippen molar-refractivity contribution in [2.45, 2.75) is 61.8 Å². The lowest BCUT2D eigenvalue weighted by molar-refractivity contribution is -0.140. The highest BCUT2D eigenvalue weighted by atomic mass is 79.9. The Bertz CT molecular complexity index is 1880. The maximum Gasteiger partial charge on any atom is 0.416 e. The summed E-state index contributed by atoms with van der Waals surface area (Å²) in [5.74, 6) is -1.22. The van der Waals surface area contributed by atoms with E-state index in [1.54, 1.807) is 30.3 Å². The third kappa shape index (κ3) is 9.23. The van der Waals surface area contributed by atoms with Gasteiger partial charge in [-0.05, 0) is 66.4 Å². The number of anilines is 1. The molecule has 0 spiro atoms. The van der Waals surface area contributed by atoms with Crippen molar-refractivity contribution in [3.8, 4) is 0 Å². The van der Waals surface area contributed by atoms with E-state index in [1.807, 2.05) is 30.3 Å². The Kier molecular flexibility index (Phi) is 11.7. The van der Waals surface area contributed by atoms with Gasteiger partial charge in [-0.2, -0.15) is 13.2 Å². The zero-order valence-electron chi connectivity index (χ0n) is 26.2. The van der Waals surface area contributed by atoms with Gasteiger partial charge in [0.05, 0.1) is 21.2 Å². The van der Waals surface area contributed by atoms with Crippen molar-refractivity contribution in [3.05, 3.63) is 129 Å². The molecule has 0 aliphatic heterocycles. The summed E-state index contributed by atoms with van der Waals surface area (Å²) in [6, 6.07) is 24.4. The molecule has 7 nitrogen and oxygen atoms in total. The Balaban J connectivity index is 1.62. The van der Waals surface area contributed by atoms with Crippen molar-refractivity contribution in [2.24, 2.45) is 0 Å². The van der Waals surface area contributed by atoms with Gasteiger partial charge in [-0.1, -0.05) is 101 Å². The molecule has 4 aromatic rings. The molecule has 4 aromatic carbocycles. The van der Waals surface area contributed by atoms with Gasteiger partial charge < -0.3 is 10.2 Å². The minimum absolute atomic E-state index is 0.0764. The molecule has 1 saturated carbocycles. The topological polar surface area (TPSA) is 86.8 Å². The standard InChI is InChI=1S/C36H34BrClF3N3O4S/c37-28-13-9-12-26(20-28)23-43(33(21-25-10-3-1-4-11-25)35(46)42-29-14-7-8-15-29)34(45)24-44(49(47,48)30-16-5-2-6-17-30)32-22-27(36(39,40)41)18-19-31(32)38/h1-6,9-13,16-20,22,29,33H,7-8,14-15,21,23-24H2,(H,42,46). The number of nitrogens with one attached hydrogen (secondary N) is 1. The van der Waals surface area contributed by atoms with Crippen LogP contribution in [-0.2, 0) is 38.8 Å². The summed E-state index contributed by atoms with van der Waals surface area (Å²) < 4.78 is 71.3. The predicted octanol–water partition coefficient (Wildman–Crippen LogP) is 8.02. The van der Waals surface area contributed by atoms with Gasteiger partial charge in [-0.25, -0.2) is 8.42 Å². The zero-order chi connectivity index (χ0) is 35.2. The SMILES string of the molecule is O=C(NC1CCCC1)C(Cc1ccccc1)N(Cc1cccc(Br)c1)C(=O)CN(c1cc(C(F)(F)F)ccc1Cl)S(=O)(=O)c1ccccc1. The van der Waals surface area contributed by atoms with Crippen LogP contribution in [0.2, 0.25) is 5.02 Å². The summed E-state index contributed by atoms with van der Waals surface area (Å²) >= 11 is 9.84. The monoisotopic (exact) mass is 775 g/mol. The van der Waals surface area contributed by atoms with Gasteiger partial charge in [0.2, 0.25) is 11.8 Å². The molecule has 5 rings (SSSR count). The third-order valence-electron chi connectivity index (χ3n) is 8.37. The lowest BCUT2D eigenvalue weighted by Crippen LogP contribution is -2.54. The van der Waals surface area contributed by atoms with Crippen molar-refractivity contribution < 1.29 is 31.2 Å². The largest absolute Gasteiger partial charge is 0.416 e. The second kappa shape index (κ2) is 15.8. The number of sulfonamides is 1. The van der Waals surface area contributed by atoms with Gasteiger partial charge in [0.25, 0.3) is 10.0 Å². The molecule has 1 atom stereocenters. The summed E-state index contributed by atoms with van der Waals surface area (Å²) in [5, 5.41) is 2.78. The Morgan fingerprint density at radius 2 is 1.51 bits per heavy atom. The Hall–Kier alpha value is -3.87. The van der Waals surface area contributed by atoms with Gasteiger partial charge in [0.15, 0.2) is 0 Å². The van der Waals surface area contributed by atoms with E-state index in [2.05, 4.69) is 21.2 Å². The average Bonchev–Trinajstić information content (AvgIpc) is 3.59. The van der Waals surface area contributed by atoms with Crippen molar-refractivity contribution in [2.75, 3.05) is 10.8 Å². The number of rotatable bonds is 12. The van der Waals surface area contributed by atoms with Crippen LogP contribution < -0.4 is 9.62 Å². The highest BCUT2D eigenvalue weighted by Gasteiger charge is 2.38. The zero-order valence-corrected chi connectivity index (χ0v) is 29.4. The Morgan fingerprint density at radius 3 is 2.14 bits per heavy atom. The molecule has 1 unspecified atom stereocenters. The van der Waals surface area contributed by atoms with E-state index >= 15 is 0 Å². The maximum absolute atomic E-state index is 14.6. The van der Waals surface area contributed by atoms with Crippen LogP contribution in [0, 0.1) is 0 Å². The van der Waals surface area contributed by atoms with Gasteiger partial charge in [0.1, 0.15) is 12.6 Å². The van der Waals surface area contributed by atoms with E-state index in [-0.39, 0.29) is 28.9 Å². The van der Waals surface area contributed by atoms with Gasteiger partial charge in [0, 0.05) is 23.5 Å². The first-order chi connectivity index (χ1) is 23.3. The van der Waals surface area contributed by atoms with E-state index in [9.17, 15) is 31.2 Å². The Labute approximate surface area is 297 Å². The van der Waals surface area contributed by atoms with Crippen molar-refractivity contribution in [1.29, 1.82) is 0 Å². The fourth-order valence-corrected chi connectivity index (χ4v) is 8.03. The quantitative estimate of drug-likeness (QED) is 0.158. The number of halogens is 5. The molecule has 1 fully saturated rings. The van der Waals surface area contributed by atoms with E-state index in [0.717, 1.165) is 47.9 Å². The first kappa shape index (κ1) is 36.4. The number of carbonyl (C=O) groups is 2. The van der Waals surface area contributed by atoms with Crippen LogP contribution in [0.15, 0.2) is 112 Å². The summed E-state index contributed by atoms with van der Waals surface area (Å²) in [7, 11) is -4.64. The Morgan fingerprint density at radius 1 is 0.878 bits per heavy atom. The number of amides is 2. The van der Waals surface area contributed by atoms with E-state index in [0.29, 0.717) is 15.9 Å². The lowest BCUT2D eigenvalue weighted by atomic mass is 10.0. The molecule has 1 aliphatic rings. The number of hydrogen-bond donors (Lipinski definition) is 1. The molecule has 2 amide bonds. The molecule has 0 radical (unpaired) electrons. The summed E-state index contributed by atoms with van der Waals surface area (Å²) in [6.45, 7) is -1.03. The number of nitrogens with zero attached hydrogens (tertiary/aromatic N) is 2. The predicted molar refractivity (Wildman–Crippen MR) is 186 cm³/mol. The molecule has 258 valence electrons. The van der Waals surface area contributed by atoms with Crippen LogP contribution in [0.5, 0.6) is 0 Å². The minimum Gasteiger partial charge on any atom is -0.352 e. The smallest absolute Gasteiger partial charge is 0.352 e. The van der Waals surface area contributed by atoms with Crippen LogP contribution in [0.3, 0.4) is 0 Å². The molecule has 0 bridgehead atoms. The van der Waals surface area contributed by atoms with Crippen LogP contribution in [0.25, 0.3) is 0 Å². The van der Waals surface area contributed by atoms with Crippen LogP contribution in [0.1, 0.15) is 42.4 Å². The molecular weight excluding hydrogens is 743 g/mol. The number of carbonyl (C=O) groups excluding carboxylic acids is 2. The van der Waals surface area contributed by atoms with E-state index < -0.39 is 51.9 Å². The van der Waals surface area contributed by atoms with Gasteiger partial charge in [-0.3, -0.25) is 13.9 Å². The summed E-state index contributed by atoms with van der Waals surface area (Å²) in [4.78, 5) is 29.8. The number of alkyl halides is 3. The van der Waals surface area contributed by atoms with Crippen molar-refractivity contribution in [3.63, 3.8) is 0 Å². The second-order valence-corrected chi connectivity index (χ2v) is 15.0. The fraction of sp³-hybridized carbons (Fsp3) is 0.278.